The molecule has 0 fully saturated rings. The minimum Gasteiger partial charge on any atom is -0.395 e. The fraction of sp³-hybridized carbons (Fsp3) is 0.368. The smallest absolute Gasteiger partial charge is 0.0843 e. The monoisotopic (exact) mass is 344 g/mol. The van der Waals surface area contributed by atoms with E-state index in [1.165, 1.54) is 9.79 Å². The predicted molar refractivity (Wildman–Crippen MR) is 99.2 cm³/mol. The number of rotatable bonds is 7. The van der Waals surface area contributed by atoms with Gasteiger partial charge in [-0.05, 0) is 30.7 Å². The number of benzene rings is 2. The molecule has 5 heteroatoms. The number of nitrogens with one attached hydrogen (secondary N) is 1. The summed E-state index contributed by atoms with van der Waals surface area (Å²) in [5, 5.41) is 23.0. The topological polar surface area (TPSA) is 55.7 Å². The summed E-state index contributed by atoms with van der Waals surface area (Å²) in [5.74, 6) is 0. The lowest BCUT2D eigenvalue weighted by atomic mass is 10.2. The highest BCUT2D eigenvalue weighted by molar-refractivity contribution is 7.99. The van der Waals surface area contributed by atoms with Crippen LogP contribution in [0.5, 0.6) is 0 Å². The Labute approximate surface area is 147 Å². The molecule has 3 N–H and O–H groups in total. The van der Waals surface area contributed by atoms with Crippen molar-refractivity contribution >= 4 is 23.1 Å². The molecule has 1 aliphatic heterocycles. The van der Waals surface area contributed by atoms with E-state index in [0.717, 1.165) is 17.8 Å². The van der Waals surface area contributed by atoms with Gasteiger partial charge in [-0.1, -0.05) is 43.0 Å². The third kappa shape index (κ3) is 3.75. The van der Waals surface area contributed by atoms with Gasteiger partial charge in [0.1, 0.15) is 0 Å². The minimum absolute atomic E-state index is 0.0381. The molecule has 0 saturated carbocycles. The quantitative estimate of drug-likeness (QED) is 0.721. The molecular weight excluding hydrogens is 320 g/mol. The Morgan fingerprint density at radius 1 is 1.04 bits per heavy atom. The molecule has 24 heavy (non-hydrogen) atoms. The lowest BCUT2D eigenvalue weighted by molar-refractivity contribution is 0.162. The molecule has 3 rings (SSSR count). The molecule has 128 valence electrons. The predicted octanol–water partition coefficient (Wildman–Crippen LogP) is 3.01. The Morgan fingerprint density at radius 3 is 2.17 bits per heavy atom. The van der Waals surface area contributed by atoms with Gasteiger partial charge >= 0.3 is 0 Å². The van der Waals surface area contributed by atoms with Crippen molar-refractivity contribution in [1.82, 2.24) is 5.32 Å². The van der Waals surface area contributed by atoms with Crippen molar-refractivity contribution < 1.29 is 10.2 Å². The van der Waals surface area contributed by atoms with E-state index in [-0.39, 0.29) is 12.6 Å². The van der Waals surface area contributed by atoms with Gasteiger partial charge in [0, 0.05) is 22.4 Å². The summed E-state index contributed by atoms with van der Waals surface area (Å²) in [5.41, 5.74) is 2.27. The van der Waals surface area contributed by atoms with E-state index in [1.54, 1.807) is 11.8 Å². The zero-order valence-corrected chi connectivity index (χ0v) is 14.7. The normalized spacial score (nSPS) is 15.5. The molecule has 1 aliphatic rings. The first-order valence-electron chi connectivity index (χ1n) is 8.38. The van der Waals surface area contributed by atoms with Crippen molar-refractivity contribution in [3.05, 3.63) is 48.5 Å². The maximum Gasteiger partial charge on any atom is 0.0843 e. The first-order valence-corrected chi connectivity index (χ1v) is 9.20. The molecule has 0 radical (unpaired) electrons. The van der Waals surface area contributed by atoms with Crippen molar-refractivity contribution in [3.8, 4) is 0 Å². The lowest BCUT2D eigenvalue weighted by Crippen LogP contribution is -2.42. The third-order valence-corrected chi connectivity index (χ3v) is 5.41. The van der Waals surface area contributed by atoms with Gasteiger partial charge in [-0.15, -0.1) is 0 Å². The SMILES string of the molecule is CC[C@H](CO)NC[C@H](O)CN1c2ccccc2Sc2ccccc21. The lowest BCUT2D eigenvalue weighted by Gasteiger charge is -2.34. The van der Waals surface area contributed by atoms with Gasteiger partial charge in [0.2, 0.25) is 0 Å². The maximum atomic E-state index is 10.5. The van der Waals surface area contributed by atoms with Crippen LogP contribution in [0, 0.1) is 0 Å². The fourth-order valence-corrected chi connectivity index (χ4v) is 3.99. The highest BCUT2D eigenvalue weighted by Crippen LogP contribution is 2.47. The van der Waals surface area contributed by atoms with Gasteiger partial charge in [0.05, 0.1) is 30.6 Å². The summed E-state index contributed by atoms with van der Waals surface area (Å²) < 4.78 is 0. The Hall–Kier alpha value is -1.53. The van der Waals surface area contributed by atoms with E-state index >= 15 is 0 Å². The van der Waals surface area contributed by atoms with Crippen LogP contribution in [-0.4, -0.2) is 42.1 Å². The molecule has 0 amide bonds. The number of nitrogens with zero attached hydrogens (tertiary/aromatic N) is 1. The van der Waals surface area contributed by atoms with Crippen LogP contribution in [0.4, 0.5) is 11.4 Å². The molecule has 0 aliphatic carbocycles. The largest absolute Gasteiger partial charge is 0.395 e. The maximum absolute atomic E-state index is 10.5. The van der Waals surface area contributed by atoms with E-state index in [2.05, 4.69) is 34.5 Å². The fourth-order valence-electron chi connectivity index (χ4n) is 2.89. The van der Waals surface area contributed by atoms with E-state index < -0.39 is 6.10 Å². The molecule has 0 aromatic heterocycles. The molecule has 4 nitrogen and oxygen atoms in total. The Kier molecular flexibility index (Phi) is 5.79. The molecule has 2 atom stereocenters. The molecular formula is C19H24N2O2S. The number of hydrogen-bond acceptors (Lipinski definition) is 5. The third-order valence-electron chi connectivity index (χ3n) is 4.28. The zero-order chi connectivity index (χ0) is 16.9. The molecule has 0 unspecified atom stereocenters. The first-order chi connectivity index (χ1) is 11.7. The van der Waals surface area contributed by atoms with Crippen LogP contribution < -0.4 is 10.2 Å². The average Bonchev–Trinajstić information content (AvgIpc) is 2.62. The van der Waals surface area contributed by atoms with Crippen molar-refractivity contribution in [2.75, 3.05) is 24.6 Å². The highest BCUT2D eigenvalue weighted by atomic mass is 32.2. The van der Waals surface area contributed by atoms with Gasteiger partial charge in [0.25, 0.3) is 0 Å². The molecule has 2 aromatic rings. The minimum atomic E-state index is -0.519. The van der Waals surface area contributed by atoms with Crippen molar-refractivity contribution in [2.24, 2.45) is 0 Å². The summed E-state index contributed by atoms with van der Waals surface area (Å²) in [7, 11) is 0. The van der Waals surface area contributed by atoms with Crippen LogP contribution in [-0.2, 0) is 0 Å². The number of β-amino-alcohol motifs (C(OH)–C–C–N with tert-alkyl or cyclic N) is 1. The van der Waals surface area contributed by atoms with Gasteiger partial charge < -0.3 is 20.4 Å². The Bertz CT molecular complexity index is 630. The molecule has 2 aromatic carbocycles. The summed E-state index contributed by atoms with van der Waals surface area (Å²) in [4.78, 5) is 4.60. The Balaban J connectivity index is 1.77. The number of hydrogen-bond donors (Lipinski definition) is 3. The van der Waals surface area contributed by atoms with Crippen LogP contribution in [0.3, 0.4) is 0 Å². The second kappa shape index (κ2) is 8.03. The first kappa shape index (κ1) is 17.3. The number of fused-ring (bicyclic) bond motifs is 2. The summed E-state index contributed by atoms with van der Waals surface area (Å²) in [6.45, 7) is 3.10. The van der Waals surface area contributed by atoms with E-state index in [4.69, 9.17) is 0 Å². The van der Waals surface area contributed by atoms with Crippen LogP contribution >= 0.6 is 11.8 Å². The van der Waals surface area contributed by atoms with Crippen molar-refractivity contribution in [3.63, 3.8) is 0 Å². The van der Waals surface area contributed by atoms with Crippen molar-refractivity contribution in [2.45, 2.75) is 35.3 Å². The number of para-hydroxylation sites is 2. The van der Waals surface area contributed by atoms with Gasteiger partial charge in [-0.25, -0.2) is 0 Å². The molecule has 0 bridgehead atoms. The molecule has 1 heterocycles. The second-order valence-electron chi connectivity index (χ2n) is 6.00. The van der Waals surface area contributed by atoms with Crippen LogP contribution in [0.15, 0.2) is 58.3 Å². The summed E-state index contributed by atoms with van der Waals surface area (Å²) in [6, 6.07) is 16.6. The number of aliphatic hydroxyl groups is 2. The second-order valence-corrected chi connectivity index (χ2v) is 7.08. The van der Waals surface area contributed by atoms with Crippen molar-refractivity contribution in [1.29, 1.82) is 0 Å². The van der Waals surface area contributed by atoms with Crippen LogP contribution in [0.25, 0.3) is 0 Å². The van der Waals surface area contributed by atoms with E-state index in [1.807, 2.05) is 31.2 Å². The van der Waals surface area contributed by atoms with Gasteiger partial charge in [-0.3, -0.25) is 0 Å². The van der Waals surface area contributed by atoms with E-state index in [9.17, 15) is 10.2 Å². The average molecular weight is 344 g/mol. The molecule has 0 saturated heterocycles. The zero-order valence-electron chi connectivity index (χ0n) is 13.9. The number of anilines is 2. The Morgan fingerprint density at radius 2 is 1.62 bits per heavy atom. The van der Waals surface area contributed by atoms with E-state index in [0.29, 0.717) is 13.1 Å². The summed E-state index contributed by atoms with van der Waals surface area (Å²) >= 11 is 1.77. The van der Waals surface area contributed by atoms with Gasteiger partial charge in [-0.2, -0.15) is 0 Å². The van der Waals surface area contributed by atoms with Gasteiger partial charge in [0.15, 0.2) is 0 Å². The highest BCUT2D eigenvalue weighted by Gasteiger charge is 2.24. The van der Waals surface area contributed by atoms with Crippen LogP contribution in [0.2, 0.25) is 0 Å². The standard InChI is InChI=1S/C19H24N2O2S/c1-2-14(13-22)20-11-15(23)12-21-16-7-3-5-9-18(16)24-19-10-6-4-8-17(19)21/h3-10,14-15,20,22-23H,2,11-13H2,1H3/t14-,15+/m1/s1. The van der Waals surface area contributed by atoms with Crippen LogP contribution in [0.1, 0.15) is 13.3 Å². The number of aliphatic hydroxyl groups excluding tert-OH is 2. The summed E-state index contributed by atoms with van der Waals surface area (Å²) in [6.07, 6.45) is 0.324. The molecule has 0 spiro atoms.